The van der Waals surface area contributed by atoms with Crippen LogP contribution < -0.4 is 15.4 Å². The van der Waals surface area contributed by atoms with Gasteiger partial charge in [0.2, 0.25) is 0 Å². The molecular formula is C31H33N7O4. The number of aryl methyl sites for hydroxylation is 1. The summed E-state index contributed by atoms with van der Waals surface area (Å²) in [7, 11) is 0. The number of benzene rings is 2. The van der Waals surface area contributed by atoms with Crippen LogP contribution in [0.3, 0.4) is 0 Å². The summed E-state index contributed by atoms with van der Waals surface area (Å²) in [6.45, 7) is 8.85. The molecule has 2 aliphatic heterocycles. The first-order chi connectivity index (χ1) is 20.2. The second-order valence-electron chi connectivity index (χ2n) is 11.3. The number of nitrogens with one attached hydrogen (secondary N) is 2. The summed E-state index contributed by atoms with van der Waals surface area (Å²) in [4.78, 5) is 32.0. The van der Waals surface area contributed by atoms with Gasteiger partial charge < -0.3 is 29.7 Å². The number of aliphatic imine (C=N–C) groups is 1. The predicted molar refractivity (Wildman–Crippen MR) is 160 cm³/mol. The van der Waals surface area contributed by atoms with Gasteiger partial charge in [0.1, 0.15) is 42.2 Å². The van der Waals surface area contributed by atoms with Crippen LogP contribution in [0.1, 0.15) is 32.0 Å². The summed E-state index contributed by atoms with van der Waals surface area (Å²) >= 11 is 0. The second kappa shape index (κ2) is 11.2. The summed E-state index contributed by atoms with van der Waals surface area (Å²) < 4.78 is 17.5. The van der Waals surface area contributed by atoms with Crippen LogP contribution in [0.25, 0.3) is 10.9 Å². The van der Waals surface area contributed by atoms with Crippen LogP contribution in [0.15, 0.2) is 72.1 Å². The van der Waals surface area contributed by atoms with E-state index in [9.17, 15) is 4.79 Å². The minimum atomic E-state index is -0.545. The van der Waals surface area contributed by atoms with Crippen molar-refractivity contribution < 1.29 is 19.0 Å². The molecule has 1 saturated heterocycles. The highest BCUT2D eigenvalue weighted by Gasteiger charge is 2.42. The van der Waals surface area contributed by atoms with Gasteiger partial charge in [0.25, 0.3) is 6.02 Å². The molecule has 42 heavy (non-hydrogen) atoms. The number of ether oxygens (including phenoxy) is 3. The highest BCUT2D eigenvalue weighted by atomic mass is 16.6. The molecule has 2 N–H and O–H groups in total. The molecular weight excluding hydrogens is 534 g/mol. The molecule has 6 rings (SSSR count). The van der Waals surface area contributed by atoms with Crippen molar-refractivity contribution in [3.63, 3.8) is 0 Å². The highest BCUT2D eigenvalue weighted by Crippen LogP contribution is 2.30. The Kier molecular flexibility index (Phi) is 7.24. The zero-order valence-electron chi connectivity index (χ0n) is 24.0. The van der Waals surface area contributed by atoms with Gasteiger partial charge in [0, 0.05) is 23.0 Å². The smallest absolute Gasteiger partial charge is 0.410 e. The van der Waals surface area contributed by atoms with Crippen molar-refractivity contribution in [1.29, 1.82) is 0 Å². The van der Waals surface area contributed by atoms with Crippen molar-refractivity contribution in [2.24, 2.45) is 4.99 Å². The van der Waals surface area contributed by atoms with E-state index in [0.29, 0.717) is 31.5 Å². The zero-order valence-corrected chi connectivity index (χ0v) is 24.0. The number of fused-ring (bicyclic) bond motifs is 2. The van der Waals surface area contributed by atoms with Crippen LogP contribution in [-0.4, -0.2) is 62.8 Å². The van der Waals surface area contributed by atoms with Gasteiger partial charge in [-0.05, 0) is 81.8 Å². The third kappa shape index (κ3) is 6.19. The molecule has 0 spiro atoms. The van der Waals surface area contributed by atoms with Crippen LogP contribution >= 0.6 is 0 Å². The molecule has 0 aliphatic carbocycles. The third-order valence-corrected chi connectivity index (χ3v) is 6.86. The first kappa shape index (κ1) is 27.3. The largest absolute Gasteiger partial charge is 0.487 e. The number of rotatable bonds is 6. The lowest BCUT2D eigenvalue weighted by Gasteiger charge is -2.24. The van der Waals surface area contributed by atoms with E-state index in [4.69, 9.17) is 14.2 Å². The molecule has 1 amide bonds. The molecule has 4 heterocycles. The molecule has 11 nitrogen and oxygen atoms in total. The lowest BCUT2D eigenvalue weighted by Crippen LogP contribution is -2.36. The maximum Gasteiger partial charge on any atom is 0.410 e. The minimum Gasteiger partial charge on any atom is -0.487 e. The van der Waals surface area contributed by atoms with E-state index in [2.05, 4.69) is 30.6 Å². The molecule has 0 bridgehead atoms. The predicted octanol–water partition coefficient (Wildman–Crippen LogP) is 5.44. The molecule has 2 atom stereocenters. The Morgan fingerprint density at radius 1 is 1.02 bits per heavy atom. The molecule has 2 aromatic heterocycles. The lowest BCUT2D eigenvalue weighted by atomic mass is 10.1. The number of aromatic nitrogens is 3. The standard InChI is InChI=1S/C31H33N7O4/c1-19-13-20(9-11-26(19)40-17-22-7-5-6-12-32-22)35-28-23-14-21(8-10-24(23)33-18-34-28)36-29-37-25-15-38(16-27(25)41-29)30(39)42-31(2,3)4/h5-14,18,25,27H,15-17H2,1-4H3,(H,36,37)(H,33,34,35). The molecule has 2 aromatic carbocycles. The third-order valence-electron chi connectivity index (χ3n) is 6.86. The lowest BCUT2D eigenvalue weighted by molar-refractivity contribution is 0.0271. The number of carbonyl (C=O) groups is 1. The van der Waals surface area contributed by atoms with E-state index in [1.165, 1.54) is 6.33 Å². The van der Waals surface area contributed by atoms with E-state index in [0.717, 1.165) is 39.3 Å². The summed E-state index contributed by atoms with van der Waals surface area (Å²) in [5, 5.41) is 7.52. The SMILES string of the molecule is Cc1cc(Nc2ncnc3ccc(NC4=NC5CN(C(=O)OC(C)(C)C)CC5O4)cc23)ccc1OCc1ccccn1. The van der Waals surface area contributed by atoms with Crippen molar-refractivity contribution >= 4 is 40.2 Å². The Balaban J connectivity index is 1.12. The van der Waals surface area contributed by atoms with Crippen LogP contribution in [0.2, 0.25) is 0 Å². The Hall–Kier alpha value is -4.93. The second-order valence-corrected chi connectivity index (χ2v) is 11.3. The van der Waals surface area contributed by atoms with Gasteiger partial charge in [-0.15, -0.1) is 0 Å². The number of nitrogens with zero attached hydrogens (tertiary/aromatic N) is 5. The summed E-state index contributed by atoms with van der Waals surface area (Å²) in [6, 6.07) is 17.8. The quantitative estimate of drug-likeness (QED) is 0.313. The van der Waals surface area contributed by atoms with Crippen molar-refractivity contribution in [2.75, 3.05) is 23.7 Å². The number of amidine groups is 1. The van der Waals surface area contributed by atoms with Crippen molar-refractivity contribution in [1.82, 2.24) is 19.9 Å². The van der Waals surface area contributed by atoms with Crippen LogP contribution in [-0.2, 0) is 16.1 Å². The van der Waals surface area contributed by atoms with Gasteiger partial charge >= 0.3 is 6.09 Å². The fraction of sp³-hybridized carbons (Fsp3) is 0.323. The number of hydrogen-bond acceptors (Lipinski definition) is 10. The summed E-state index contributed by atoms with van der Waals surface area (Å²) in [5.74, 6) is 1.46. The number of hydrogen-bond donors (Lipinski definition) is 2. The molecule has 1 fully saturated rings. The van der Waals surface area contributed by atoms with Crippen molar-refractivity contribution in [3.05, 3.63) is 78.4 Å². The normalized spacial score (nSPS) is 17.8. The maximum atomic E-state index is 12.4. The van der Waals surface area contributed by atoms with E-state index in [1.807, 2.05) is 82.3 Å². The Morgan fingerprint density at radius 3 is 2.62 bits per heavy atom. The molecule has 216 valence electrons. The van der Waals surface area contributed by atoms with Gasteiger partial charge in [-0.2, -0.15) is 0 Å². The fourth-order valence-corrected chi connectivity index (χ4v) is 4.88. The topological polar surface area (TPSA) is 123 Å². The molecule has 0 saturated carbocycles. The average molecular weight is 568 g/mol. The highest BCUT2D eigenvalue weighted by molar-refractivity contribution is 5.97. The van der Waals surface area contributed by atoms with E-state index in [1.54, 1.807) is 11.1 Å². The molecule has 4 aromatic rings. The number of anilines is 3. The average Bonchev–Trinajstić information content (AvgIpc) is 3.52. The molecule has 2 aliphatic rings. The maximum absolute atomic E-state index is 12.4. The zero-order chi connectivity index (χ0) is 29.3. The van der Waals surface area contributed by atoms with Gasteiger partial charge in [-0.1, -0.05) is 6.07 Å². The Morgan fingerprint density at radius 2 is 1.86 bits per heavy atom. The number of pyridine rings is 1. The number of likely N-dealkylation sites (tertiary alicyclic amines) is 1. The number of amides is 1. The Bertz CT molecular complexity index is 1640. The molecule has 11 heteroatoms. The fourth-order valence-electron chi connectivity index (χ4n) is 4.88. The van der Waals surface area contributed by atoms with Crippen LogP contribution in [0.5, 0.6) is 5.75 Å². The summed E-state index contributed by atoms with van der Waals surface area (Å²) in [6.07, 6.45) is 2.74. The van der Waals surface area contributed by atoms with E-state index >= 15 is 0 Å². The number of carbonyl (C=O) groups excluding carboxylic acids is 1. The van der Waals surface area contributed by atoms with Crippen LogP contribution in [0.4, 0.5) is 22.0 Å². The van der Waals surface area contributed by atoms with Crippen molar-refractivity contribution in [2.45, 2.75) is 52.0 Å². The molecule has 2 unspecified atom stereocenters. The Labute approximate surface area is 244 Å². The van der Waals surface area contributed by atoms with Crippen molar-refractivity contribution in [3.8, 4) is 5.75 Å². The first-order valence-corrected chi connectivity index (χ1v) is 13.8. The van der Waals surface area contributed by atoms with Gasteiger partial charge in [0.15, 0.2) is 0 Å². The first-order valence-electron chi connectivity index (χ1n) is 13.8. The van der Waals surface area contributed by atoms with Crippen LogP contribution in [0, 0.1) is 6.92 Å². The van der Waals surface area contributed by atoms with E-state index < -0.39 is 5.60 Å². The summed E-state index contributed by atoms with van der Waals surface area (Å²) in [5.41, 5.74) is 3.78. The monoisotopic (exact) mass is 567 g/mol. The van der Waals surface area contributed by atoms with Gasteiger partial charge in [-0.25, -0.2) is 19.8 Å². The van der Waals surface area contributed by atoms with E-state index in [-0.39, 0.29) is 18.2 Å². The van der Waals surface area contributed by atoms with Gasteiger partial charge in [0.05, 0.1) is 24.3 Å². The minimum absolute atomic E-state index is 0.139. The van der Waals surface area contributed by atoms with Gasteiger partial charge in [-0.3, -0.25) is 4.98 Å². The molecule has 0 radical (unpaired) electrons.